The number of urea groups is 1. The van der Waals surface area contributed by atoms with E-state index >= 15 is 0 Å². The summed E-state index contributed by atoms with van der Waals surface area (Å²) in [4.78, 5) is 23.7. The molecule has 4 atom stereocenters. The minimum Gasteiger partial charge on any atom is -0.465 e. The Morgan fingerprint density at radius 1 is 0.771 bits per heavy atom. The number of hydrogen-bond acceptors (Lipinski definition) is 5. The van der Waals surface area contributed by atoms with E-state index in [0.29, 0.717) is 12.8 Å². The number of nitrogens with one attached hydrogen (secondary N) is 4. The topological polar surface area (TPSA) is 143 Å². The fraction of sp³-hybridized carbons (Fsp3) is 0.462. The molecule has 2 rings (SSSR count). The zero-order chi connectivity index (χ0) is 25.8. The summed E-state index contributed by atoms with van der Waals surface area (Å²) in [6.45, 7) is 5.76. The Morgan fingerprint density at radius 3 is 1.60 bits per heavy atom. The first kappa shape index (κ1) is 28.1. The summed E-state index contributed by atoms with van der Waals surface area (Å²) in [6.07, 6.45) is -2.46. The van der Waals surface area contributed by atoms with E-state index in [1.807, 2.05) is 81.4 Å². The lowest BCUT2D eigenvalue weighted by atomic mass is 10.00. The first-order chi connectivity index (χ1) is 16.5. The zero-order valence-corrected chi connectivity index (χ0v) is 20.6. The summed E-state index contributed by atoms with van der Waals surface area (Å²) < 4.78 is 0. The van der Waals surface area contributed by atoms with Crippen molar-refractivity contribution in [3.8, 4) is 0 Å². The normalized spacial score (nSPS) is 14.9. The molecule has 9 heteroatoms. The third-order valence-electron chi connectivity index (χ3n) is 5.35. The Labute approximate surface area is 207 Å². The van der Waals surface area contributed by atoms with E-state index in [-0.39, 0.29) is 19.1 Å². The third kappa shape index (κ3) is 11.2. The molecule has 0 heterocycles. The molecule has 1 unspecified atom stereocenters. The van der Waals surface area contributed by atoms with Crippen molar-refractivity contribution in [3.63, 3.8) is 0 Å². The fourth-order valence-corrected chi connectivity index (χ4v) is 3.67. The molecule has 0 spiro atoms. The summed E-state index contributed by atoms with van der Waals surface area (Å²) in [7, 11) is 0. The predicted molar refractivity (Wildman–Crippen MR) is 135 cm³/mol. The number of rotatable bonds is 12. The molecular formula is C26H38N4O5. The number of carboxylic acid groups (broad SMARTS) is 1. The third-order valence-corrected chi connectivity index (χ3v) is 5.35. The second kappa shape index (κ2) is 13.7. The SMILES string of the molecule is CC(C)(C)NC(=O)N[C@@H](Cc1ccccc1)C(O)CNC[C@@H](O)[C@H](Cc1ccccc1)NC(=O)O. The first-order valence-electron chi connectivity index (χ1n) is 11.8. The molecule has 0 bridgehead atoms. The Bertz CT molecular complexity index is 905. The van der Waals surface area contributed by atoms with Crippen molar-refractivity contribution in [2.24, 2.45) is 0 Å². The maximum absolute atomic E-state index is 12.5. The molecule has 0 aliphatic rings. The number of carbonyl (C=O) groups is 2. The van der Waals surface area contributed by atoms with Crippen molar-refractivity contribution in [1.82, 2.24) is 21.3 Å². The largest absolute Gasteiger partial charge is 0.465 e. The summed E-state index contributed by atoms with van der Waals surface area (Å²) in [5.41, 5.74) is 1.42. The molecular weight excluding hydrogens is 448 g/mol. The van der Waals surface area contributed by atoms with Crippen molar-refractivity contribution >= 4 is 12.1 Å². The number of aliphatic hydroxyl groups is 2. The van der Waals surface area contributed by atoms with Crippen molar-refractivity contribution < 1.29 is 24.9 Å². The quantitative estimate of drug-likeness (QED) is 0.244. The Morgan fingerprint density at radius 2 is 1.20 bits per heavy atom. The van der Waals surface area contributed by atoms with E-state index < -0.39 is 35.9 Å². The van der Waals surface area contributed by atoms with E-state index in [1.165, 1.54) is 0 Å². The Hall–Kier alpha value is -3.14. The lowest BCUT2D eigenvalue weighted by Gasteiger charge is -2.28. The minimum absolute atomic E-state index is 0.0566. The van der Waals surface area contributed by atoms with Gasteiger partial charge in [-0.1, -0.05) is 60.7 Å². The fourth-order valence-electron chi connectivity index (χ4n) is 3.67. The van der Waals surface area contributed by atoms with Gasteiger partial charge in [-0.05, 0) is 44.7 Å². The summed E-state index contributed by atoms with van der Waals surface area (Å²) >= 11 is 0. The Kier molecular flexibility index (Phi) is 11.0. The van der Waals surface area contributed by atoms with Crippen LogP contribution in [0, 0.1) is 0 Å². The van der Waals surface area contributed by atoms with Crippen LogP contribution in [0.4, 0.5) is 9.59 Å². The maximum atomic E-state index is 12.5. The molecule has 0 saturated heterocycles. The van der Waals surface area contributed by atoms with Gasteiger partial charge in [-0.2, -0.15) is 0 Å². The van der Waals surface area contributed by atoms with Crippen LogP contribution in [0.3, 0.4) is 0 Å². The second-order valence-corrected chi connectivity index (χ2v) is 9.68. The molecule has 2 aromatic carbocycles. The molecule has 2 aromatic rings. The number of amides is 3. The van der Waals surface area contributed by atoms with Gasteiger partial charge in [-0.25, -0.2) is 9.59 Å². The number of benzene rings is 2. The van der Waals surface area contributed by atoms with Gasteiger partial charge >= 0.3 is 12.1 Å². The standard InChI is InChI=1S/C26H38N4O5/c1-26(2,3)30-24(33)28-20(14-18-10-6-4-7-11-18)22(31)16-27-17-23(32)21(29-25(34)35)15-19-12-8-5-9-13-19/h4-13,20-23,27,29,31-32H,14-17H2,1-3H3,(H,34,35)(H2,28,30,33)/t20-,21-,22?,23+/m0/s1. The summed E-state index contributed by atoms with van der Waals surface area (Å²) in [5.74, 6) is 0. The zero-order valence-electron chi connectivity index (χ0n) is 20.6. The highest BCUT2D eigenvalue weighted by molar-refractivity contribution is 5.75. The molecule has 9 nitrogen and oxygen atoms in total. The smallest absolute Gasteiger partial charge is 0.404 e. The van der Waals surface area contributed by atoms with Crippen LogP contribution in [0.15, 0.2) is 60.7 Å². The van der Waals surface area contributed by atoms with Crippen molar-refractivity contribution in [3.05, 3.63) is 71.8 Å². The molecule has 0 aliphatic carbocycles. The average molecular weight is 487 g/mol. The monoisotopic (exact) mass is 486 g/mol. The van der Waals surface area contributed by atoms with Gasteiger partial charge in [-0.3, -0.25) is 0 Å². The van der Waals surface area contributed by atoms with E-state index in [0.717, 1.165) is 11.1 Å². The lowest BCUT2D eigenvalue weighted by molar-refractivity contribution is 0.0996. The van der Waals surface area contributed by atoms with Crippen LogP contribution in [0.25, 0.3) is 0 Å². The molecule has 192 valence electrons. The molecule has 0 aromatic heterocycles. The van der Waals surface area contributed by atoms with Crippen LogP contribution < -0.4 is 21.3 Å². The molecule has 35 heavy (non-hydrogen) atoms. The molecule has 7 N–H and O–H groups in total. The maximum Gasteiger partial charge on any atom is 0.404 e. The van der Waals surface area contributed by atoms with Gasteiger partial charge in [-0.15, -0.1) is 0 Å². The van der Waals surface area contributed by atoms with Crippen LogP contribution >= 0.6 is 0 Å². The number of hydrogen-bond donors (Lipinski definition) is 7. The molecule has 0 radical (unpaired) electrons. The van der Waals surface area contributed by atoms with Gasteiger partial charge in [0.2, 0.25) is 0 Å². The molecule has 0 aliphatic heterocycles. The van der Waals surface area contributed by atoms with E-state index in [4.69, 9.17) is 0 Å². The summed E-state index contributed by atoms with van der Waals surface area (Å²) in [5, 5.41) is 41.7. The van der Waals surface area contributed by atoms with Crippen molar-refractivity contribution in [2.75, 3.05) is 13.1 Å². The van der Waals surface area contributed by atoms with E-state index in [1.54, 1.807) is 0 Å². The van der Waals surface area contributed by atoms with Crippen molar-refractivity contribution in [1.29, 1.82) is 0 Å². The van der Waals surface area contributed by atoms with Crippen LogP contribution in [-0.2, 0) is 12.8 Å². The number of carbonyl (C=O) groups excluding carboxylic acids is 1. The highest BCUT2D eigenvalue weighted by Gasteiger charge is 2.25. The number of aliphatic hydroxyl groups excluding tert-OH is 2. The average Bonchev–Trinajstić information content (AvgIpc) is 2.78. The molecule has 0 saturated carbocycles. The molecule has 3 amide bonds. The second-order valence-electron chi connectivity index (χ2n) is 9.68. The van der Waals surface area contributed by atoms with Gasteiger partial charge in [0, 0.05) is 18.6 Å². The van der Waals surface area contributed by atoms with Crippen LogP contribution in [0.5, 0.6) is 0 Å². The van der Waals surface area contributed by atoms with Crippen molar-refractivity contribution in [2.45, 2.75) is 63.4 Å². The van der Waals surface area contributed by atoms with Crippen LogP contribution in [0.2, 0.25) is 0 Å². The van der Waals surface area contributed by atoms with E-state index in [9.17, 15) is 24.9 Å². The summed E-state index contributed by atoms with van der Waals surface area (Å²) in [6, 6.07) is 17.1. The van der Waals surface area contributed by atoms with Crippen LogP contribution in [0.1, 0.15) is 31.9 Å². The van der Waals surface area contributed by atoms with E-state index in [2.05, 4.69) is 21.3 Å². The highest BCUT2D eigenvalue weighted by Crippen LogP contribution is 2.09. The van der Waals surface area contributed by atoms with Gasteiger partial charge in [0.1, 0.15) is 0 Å². The van der Waals surface area contributed by atoms with Gasteiger partial charge in [0.15, 0.2) is 0 Å². The van der Waals surface area contributed by atoms with Gasteiger partial charge < -0.3 is 36.6 Å². The Balaban J connectivity index is 1.97. The molecule has 0 fully saturated rings. The minimum atomic E-state index is -1.22. The first-order valence-corrected chi connectivity index (χ1v) is 11.8. The van der Waals surface area contributed by atoms with Crippen LogP contribution in [-0.4, -0.2) is 70.4 Å². The predicted octanol–water partition coefficient (Wildman–Crippen LogP) is 1.89. The lowest BCUT2D eigenvalue weighted by Crippen LogP contribution is -2.55. The van der Waals surface area contributed by atoms with Gasteiger partial charge in [0.05, 0.1) is 24.3 Å². The van der Waals surface area contributed by atoms with Gasteiger partial charge in [0.25, 0.3) is 0 Å². The highest BCUT2D eigenvalue weighted by atomic mass is 16.4.